The molecule has 2 aliphatic rings. The first-order valence-electron chi connectivity index (χ1n) is 15.3. The molecule has 1 saturated heterocycles. The largest absolute Gasteiger partial charge is 0.339 e. The third-order valence-corrected chi connectivity index (χ3v) is 8.94. The zero-order chi connectivity index (χ0) is 29.3. The predicted octanol–water partition coefficient (Wildman–Crippen LogP) is 4.71. The van der Waals surface area contributed by atoms with Crippen molar-refractivity contribution >= 4 is 17.5 Å². The smallest absolute Gasteiger partial charge is 0.240 e. The molecule has 2 heterocycles. The molecule has 0 aliphatic carbocycles. The highest BCUT2D eigenvalue weighted by atomic mass is 35.5. The molecule has 4 N–H and O–H groups in total. The fourth-order valence-electron chi connectivity index (χ4n) is 6.29. The van der Waals surface area contributed by atoms with Crippen LogP contribution in [-0.2, 0) is 24.2 Å². The van der Waals surface area contributed by atoms with E-state index in [1.54, 1.807) is 6.07 Å². The molecule has 2 aliphatic heterocycles. The number of piperazine rings is 1. The van der Waals surface area contributed by atoms with Crippen LogP contribution in [0.4, 0.5) is 4.39 Å². The summed E-state index contributed by atoms with van der Waals surface area (Å²) in [5.74, 6) is -0.0497. The molecule has 224 valence electrons. The number of carbonyl (C=O) groups is 1. The Hall–Kier alpha value is -2.81. The van der Waals surface area contributed by atoms with Gasteiger partial charge in [-0.05, 0) is 67.1 Å². The molecule has 0 bridgehead atoms. The van der Waals surface area contributed by atoms with Crippen LogP contribution in [0, 0.1) is 5.82 Å². The Morgan fingerprint density at radius 1 is 0.976 bits per heavy atom. The standard InChI is InChI=1S/C34H43ClFN5O/c35-28-14-12-25(13-15-28)21-32(39-24-29-22-26-7-1-2-8-27(26)23-38-29)34(42)41-19-17-40(18-20-41)33(11-5-6-16-37)30-9-3-4-10-31(30)36/h1-4,7-10,12-15,29,32-33,38-39H,5-6,11,16-24,37H2/t29-,32-,33?/m1/s1. The molecule has 42 heavy (non-hydrogen) atoms. The molecule has 6 nitrogen and oxygen atoms in total. The van der Waals surface area contributed by atoms with Crippen molar-refractivity contribution in [1.29, 1.82) is 0 Å². The van der Waals surface area contributed by atoms with Gasteiger partial charge < -0.3 is 21.3 Å². The highest BCUT2D eigenvalue weighted by Crippen LogP contribution is 2.29. The molecule has 3 aromatic rings. The maximum absolute atomic E-state index is 14.8. The van der Waals surface area contributed by atoms with Crippen molar-refractivity contribution in [2.24, 2.45) is 5.73 Å². The number of nitrogens with zero attached hydrogens (tertiary/aromatic N) is 2. The zero-order valence-electron chi connectivity index (χ0n) is 24.3. The topological polar surface area (TPSA) is 73.6 Å². The van der Waals surface area contributed by atoms with Crippen LogP contribution in [0.3, 0.4) is 0 Å². The van der Waals surface area contributed by atoms with E-state index in [2.05, 4.69) is 39.8 Å². The van der Waals surface area contributed by atoms with Gasteiger partial charge in [-0.3, -0.25) is 9.69 Å². The quantitative estimate of drug-likeness (QED) is 0.266. The molecule has 1 unspecified atom stereocenters. The third kappa shape index (κ3) is 7.97. The molecule has 0 aromatic heterocycles. The zero-order valence-corrected chi connectivity index (χ0v) is 25.0. The predicted molar refractivity (Wildman–Crippen MR) is 168 cm³/mol. The van der Waals surface area contributed by atoms with Crippen LogP contribution in [0.25, 0.3) is 0 Å². The Bertz CT molecular complexity index is 1300. The summed E-state index contributed by atoms with van der Waals surface area (Å²) in [7, 11) is 0. The van der Waals surface area contributed by atoms with Crippen molar-refractivity contribution in [2.75, 3.05) is 39.3 Å². The van der Waals surface area contributed by atoms with Crippen molar-refractivity contribution < 1.29 is 9.18 Å². The molecule has 0 radical (unpaired) electrons. The minimum atomic E-state index is -0.344. The first kappa shape index (κ1) is 30.6. The first-order chi connectivity index (χ1) is 20.5. The van der Waals surface area contributed by atoms with Gasteiger partial charge in [0.15, 0.2) is 0 Å². The minimum absolute atomic E-state index is 0.0155. The second-order valence-corrected chi connectivity index (χ2v) is 12.0. The van der Waals surface area contributed by atoms with Gasteiger partial charge in [-0.15, -0.1) is 0 Å². The minimum Gasteiger partial charge on any atom is -0.339 e. The molecule has 0 saturated carbocycles. The number of nitrogens with one attached hydrogen (secondary N) is 2. The number of hydrogen-bond donors (Lipinski definition) is 3. The van der Waals surface area contributed by atoms with Crippen LogP contribution in [0.1, 0.15) is 47.6 Å². The third-order valence-electron chi connectivity index (χ3n) is 8.69. The second-order valence-electron chi connectivity index (χ2n) is 11.5. The summed E-state index contributed by atoms with van der Waals surface area (Å²) < 4.78 is 14.8. The summed E-state index contributed by atoms with van der Waals surface area (Å²) in [6, 6.07) is 23.3. The number of halogens is 2. The van der Waals surface area contributed by atoms with E-state index < -0.39 is 0 Å². The van der Waals surface area contributed by atoms with E-state index in [1.165, 1.54) is 17.2 Å². The summed E-state index contributed by atoms with van der Waals surface area (Å²) >= 11 is 6.14. The number of benzene rings is 3. The Balaban J connectivity index is 1.24. The average molecular weight is 592 g/mol. The van der Waals surface area contributed by atoms with Gasteiger partial charge >= 0.3 is 0 Å². The molecule has 1 amide bonds. The summed E-state index contributed by atoms with van der Waals surface area (Å²) in [6.45, 7) is 4.84. The Morgan fingerprint density at radius 2 is 1.69 bits per heavy atom. The SMILES string of the molecule is NCCCCC(c1ccccc1F)N1CCN(C(=O)[C@@H](Cc2ccc(Cl)cc2)NC[C@H]2Cc3ccccc3CN2)CC1. The number of rotatable bonds is 12. The van der Waals surface area contributed by atoms with E-state index in [-0.39, 0.29) is 29.8 Å². The summed E-state index contributed by atoms with van der Waals surface area (Å²) in [6.07, 6.45) is 4.25. The summed E-state index contributed by atoms with van der Waals surface area (Å²) in [5.41, 5.74) is 10.3. The first-order valence-corrected chi connectivity index (χ1v) is 15.6. The molecule has 1 fully saturated rings. The number of fused-ring (bicyclic) bond motifs is 1. The van der Waals surface area contributed by atoms with Crippen molar-refractivity contribution in [2.45, 2.75) is 56.8 Å². The molecular weight excluding hydrogens is 549 g/mol. The van der Waals surface area contributed by atoms with Crippen LogP contribution in [0.5, 0.6) is 0 Å². The van der Waals surface area contributed by atoms with E-state index in [1.807, 2.05) is 41.3 Å². The lowest BCUT2D eigenvalue weighted by molar-refractivity contribution is -0.135. The average Bonchev–Trinajstić information content (AvgIpc) is 3.02. The summed E-state index contributed by atoms with van der Waals surface area (Å²) in [4.78, 5) is 18.3. The van der Waals surface area contributed by atoms with Crippen LogP contribution in [0.15, 0.2) is 72.8 Å². The number of nitrogens with two attached hydrogens (primary N) is 1. The molecule has 0 spiro atoms. The van der Waals surface area contributed by atoms with Crippen LogP contribution >= 0.6 is 11.6 Å². The van der Waals surface area contributed by atoms with Crippen molar-refractivity contribution in [3.05, 3.63) is 106 Å². The van der Waals surface area contributed by atoms with E-state index in [4.69, 9.17) is 17.3 Å². The Labute approximate surface area is 254 Å². The molecule has 5 rings (SSSR count). The lowest BCUT2D eigenvalue weighted by Gasteiger charge is -2.41. The number of carbonyl (C=O) groups excluding carboxylic acids is 1. The van der Waals surface area contributed by atoms with Crippen LogP contribution in [0.2, 0.25) is 5.02 Å². The van der Waals surface area contributed by atoms with Gasteiger partial charge in [0.2, 0.25) is 5.91 Å². The number of unbranched alkanes of at least 4 members (excludes halogenated alkanes) is 1. The maximum atomic E-state index is 14.8. The van der Waals surface area contributed by atoms with Gasteiger partial charge in [0.05, 0.1) is 6.04 Å². The number of amides is 1. The monoisotopic (exact) mass is 591 g/mol. The molecular formula is C34H43ClFN5O. The van der Waals surface area contributed by atoms with Gasteiger partial charge in [-0.2, -0.15) is 0 Å². The highest BCUT2D eigenvalue weighted by molar-refractivity contribution is 6.30. The van der Waals surface area contributed by atoms with Crippen molar-refractivity contribution in [1.82, 2.24) is 20.4 Å². The van der Waals surface area contributed by atoms with E-state index in [9.17, 15) is 9.18 Å². The molecule has 8 heteroatoms. The van der Waals surface area contributed by atoms with Crippen LogP contribution in [-0.4, -0.2) is 67.1 Å². The Morgan fingerprint density at radius 3 is 2.43 bits per heavy atom. The lowest BCUT2D eigenvalue weighted by atomic mass is 9.95. The normalized spacial score (nSPS) is 18.8. The number of hydrogen-bond acceptors (Lipinski definition) is 5. The van der Waals surface area contributed by atoms with Gasteiger partial charge in [0, 0.05) is 61.9 Å². The van der Waals surface area contributed by atoms with Gasteiger partial charge in [-0.1, -0.05) is 72.6 Å². The molecule has 3 atom stereocenters. The van der Waals surface area contributed by atoms with Gasteiger partial charge in [0.25, 0.3) is 0 Å². The van der Waals surface area contributed by atoms with Crippen molar-refractivity contribution in [3.8, 4) is 0 Å². The maximum Gasteiger partial charge on any atom is 0.240 e. The van der Waals surface area contributed by atoms with Crippen molar-refractivity contribution in [3.63, 3.8) is 0 Å². The van der Waals surface area contributed by atoms with Gasteiger partial charge in [0.1, 0.15) is 5.82 Å². The van der Waals surface area contributed by atoms with E-state index >= 15 is 0 Å². The fraction of sp³-hybridized carbons (Fsp3) is 0.441. The van der Waals surface area contributed by atoms with E-state index in [0.29, 0.717) is 50.7 Å². The van der Waals surface area contributed by atoms with E-state index in [0.717, 1.165) is 43.4 Å². The molecule has 3 aromatic carbocycles. The second kappa shape index (κ2) is 15.1. The van der Waals surface area contributed by atoms with Crippen LogP contribution < -0.4 is 16.4 Å². The highest BCUT2D eigenvalue weighted by Gasteiger charge is 2.32. The lowest BCUT2D eigenvalue weighted by Crippen LogP contribution is -2.56. The fourth-order valence-corrected chi connectivity index (χ4v) is 6.42. The Kier molecular flexibility index (Phi) is 11.0. The van der Waals surface area contributed by atoms with Gasteiger partial charge in [-0.25, -0.2) is 4.39 Å². The summed E-state index contributed by atoms with van der Waals surface area (Å²) in [5, 5.41) is 7.94.